The van der Waals surface area contributed by atoms with Gasteiger partial charge in [-0.3, -0.25) is 4.79 Å². The van der Waals surface area contributed by atoms with Gasteiger partial charge in [-0.15, -0.1) is 0 Å². The number of hydrogen-bond donors (Lipinski definition) is 0. The zero-order valence-corrected chi connectivity index (χ0v) is 13.7. The van der Waals surface area contributed by atoms with E-state index in [4.69, 9.17) is 0 Å². The summed E-state index contributed by atoms with van der Waals surface area (Å²) in [5.74, 6) is 6.21. The molecule has 0 aliphatic rings. The van der Waals surface area contributed by atoms with Gasteiger partial charge in [0.1, 0.15) is 5.69 Å². The van der Waals surface area contributed by atoms with Crippen LogP contribution in [-0.2, 0) is 6.42 Å². The second kappa shape index (κ2) is 8.75. The zero-order valence-electron chi connectivity index (χ0n) is 13.7. The van der Waals surface area contributed by atoms with Crippen LogP contribution in [-0.4, -0.2) is 28.9 Å². The van der Waals surface area contributed by atoms with Crippen LogP contribution in [0.15, 0.2) is 48.7 Å². The van der Waals surface area contributed by atoms with Crippen molar-refractivity contribution in [2.24, 2.45) is 0 Å². The van der Waals surface area contributed by atoms with E-state index >= 15 is 0 Å². The highest BCUT2D eigenvalue weighted by molar-refractivity contribution is 5.95. The molecule has 0 saturated carbocycles. The summed E-state index contributed by atoms with van der Waals surface area (Å²) in [4.78, 5) is 18.7. The summed E-state index contributed by atoms with van der Waals surface area (Å²) in [7, 11) is 0. The van der Waals surface area contributed by atoms with Crippen molar-refractivity contribution < 1.29 is 4.79 Å². The minimum atomic E-state index is 0.0876. The normalized spacial score (nSPS) is 9.83. The van der Waals surface area contributed by atoms with Crippen molar-refractivity contribution in [2.45, 2.75) is 26.7 Å². The highest BCUT2D eigenvalue weighted by Gasteiger charge is 2.15. The van der Waals surface area contributed by atoms with E-state index in [1.165, 1.54) is 0 Å². The van der Waals surface area contributed by atoms with Gasteiger partial charge < -0.3 is 4.90 Å². The smallest absolute Gasteiger partial charge is 0.254 e. The van der Waals surface area contributed by atoms with Crippen LogP contribution in [0, 0.1) is 11.8 Å². The van der Waals surface area contributed by atoms with Crippen molar-refractivity contribution in [3.05, 3.63) is 65.5 Å². The number of carbonyl (C=O) groups excluding carboxylic acids is 1. The number of pyridine rings is 1. The van der Waals surface area contributed by atoms with Crippen molar-refractivity contribution in [2.75, 3.05) is 13.1 Å². The average Bonchev–Trinajstić information content (AvgIpc) is 2.62. The van der Waals surface area contributed by atoms with Gasteiger partial charge in [-0.05, 0) is 43.0 Å². The molecule has 23 heavy (non-hydrogen) atoms. The molecule has 0 aliphatic carbocycles. The summed E-state index contributed by atoms with van der Waals surface area (Å²) in [6.07, 6.45) is 3.23. The van der Waals surface area contributed by atoms with Gasteiger partial charge in [0.15, 0.2) is 0 Å². The maximum absolute atomic E-state index is 12.7. The number of carbonyl (C=O) groups is 1. The molecule has 0 saturated heterocycles. The first-order valence-corrected chi connectivity index (χ1v) is 8.03. The predicted octanol–water partition coefficient (Wildman–Crippen LogP) is 3.55. The lowest BCUT2D eigenvalue weighted by Crippen LogP contribution is -2.32. The zero-order chi connectivity index (χ0) is 16.5. The average molecular weight is 306 g/mol. The molecular weight excluding hydrogens is 284 g/mol. The van der Waals surface area contributed by atoms with Crippen molar-refractivity contribution >= 4 is 5.91 Å². The van der Waals surface area contributed by atoms with Crippen LogP contribution in [0.4, 0.5) is 0 Å². The third-order valence-electron chi connectivity index (χ3n) is 3.69. The summed E-state index contributed by atoms with van der Waals surface area (Å²) in [6.45, 7) is 5.38. The summed E-state index contributed by atoms with van der Waals surface area (Å²) in [5.41, 5.74) is 2.66. The largest absolute Gasteiger partial charge is 0.338 e. The summed E-state index contributed by atoms with van der Waals surface area (Å²) < 4.78 is 0. The molecule has 0 atom stereocenters. The Kier molecular flexibility index (Phi) is 6.38. The molecule has 1 aromatic carbocycles. The Morgan fingerprint density at radius 3 is 2.61 bits per heavy atom. The molecule has 1 amide bonds. The number of amides is 1. The first kappa shape index (κ1) is 16.8. The molecule has 0 aliphatic heterocycles. The van der Waals surface area contributed by atoms with E-state index < -0.39 is 0 Å². The first-order chi connectivity index (χ1) is 11.3. The van der Waals surface area contributed by atoms with E-state index in [1.54, 1.807) is 6.20 Å². The lowest BCUT2D eigenvalue weighted by molar-refractivity contribution is 0.0767. The SMILES string of the molecule is CCc1ccccc1C(=O)N(CC)CCC#Cc1ccccn1. The molecule has 2 aromatic rings. The van der Waals surface area contributed by atoms with Crippen LogP contribution >= 0.6 is 0 Å². The summed E-state index contributed by atoms with van der Waals surface area (Å²) in [6, 6.07) is 13.5. The van der Waals surface area contributed by atoms with Gasteiger partial charge >= 0.3 is 0 Å². The van der Waals surface area contributed by atoms with Crippen molar-refractivity contribution in [1.82, 2.24) is 9.88 Å². The Bertz CT molecular complexity index is 698. The number of aromatic nitrogens is 1. The van der Waals surface area contributed by atoms with E-state index in [0.29, 0.717) is 19.5 Å². The molecule has 0 N–H and O–H groups in total. The van der Waals surface area contributed by atoms with Crippen LogP contribution in [0.1, 0.15) is 41.9 Å². The fourth-order valence-electron chi connectivity index (χ4n) is 2.39. The summed E-state index contributed by atoms with van der Waals surface area (Å²) >= 11 is 0. The van der Waals surface area contributed by atoms with E-state index in [-0.39, 0.29) is 5.91 Å². The minimum absolute atomic E-state index is 0.0876. The molecule has 118 valence electrons. The Labute approximate surface area is 138 Å². The molecule has 1 heterocycles. The Morgan fingerprint density at radius 1 is 1.13 bits per heavy atom. The molecule has 0 unspecified atom stereocenters. The lowest BCUT2D eigenvalue weighted by atomic mass is 10.0. The van der Waals surface area contributed by atoms with E-state index in [9.17, 15) is 4.79 Å². The van der Waals surface area contributed by atoms with Crippen LogP contribution in [0.5, 0.6) is 0 Å². The van der Waals surface area contributed by atoms with Gasteiger partial charge in [-0.2, -0.15) is 0 Å². The van der Waals surface area contributed by atoms with Gasteiger partial charge in [0.05, 0.1) is 0 Å². The highest BCUT2D eigenvalue weighted by atomic mass is 16.2. The van der Waals surface area contributed by atoms with E-state index in [1.807, 2.05) is 54.3 Å². The van der Waals surface area contributed by atoms with Gasteiger partial charge in [0.25, 0.3) is 5.91 Å². The molecule has 2 rings (SSSR count). The van der Waals surface area contributed by atoms with Crippen LogP contribution in [0.3, 0.4) is 0 Å². The molecule has 0 bridgehead atoms. The topological polar surface area (TPSA) is 33.2 Å². The lowest BCUT2D eigenvalue weighted by Gasteiger charge is -2.21. The van der Waals surface area contributed by atoms with Crippen molar-refractivity contribution in [3.8, 4) is 11.8 Å². The van der Waals surface area contributed by atoms with Gasteiger partial charge in [0.2, 0.25) is 0 Å². The third kappa shape index (κ3) is 4.69. The van der Waals surface area contributed by atoms with Crippen LogP contribution < -0.4 is 0 Å². The first-order valence-electron chi connectivity index (χ1n) is 8.03. The molecule has 3 heteroatoms. The van der Waals surface area contributed by atoms with E-state index in [0.717, 1.165) is 23.2 Å². The monoisotopic (exact) mass is 306 g/mol. The maximum atomic E-state index is 12.7. The fourth-order valence-corrected chi connectivity index (χ4v) is 2.39. The third-order valence-corrected chi connectivity index (χ3v) is 3.69. The minimum Gasteiger partial charge on any atom is -0.338 e. The van der Waals surface area contributed by atoms with Crippen molar-refractivity contribution in [3.63, 3.8) is 0 Å². The number of aryl methyl sites for hydroxylation is 1. The molecule has 0 spiro atoms. The van der Waals surface area contributed by atoms with E-state index in [2.05, 4.69) is 23.7 Å². The maximum Gasteiger partial charge on any atom is 0.254 e. The number of nitrogens with zero attached hydrogens (tertiary/aromatic N) is 2. The molecular formula is C20H22N2O. The highest BCUT2D eigenvalue weighted by Crippen LogP contribution is 2.12. The number of rotatable bonds is 5. The number of hydrogen-bond acceptors (Lipinski definition) is 2. The summed E-state index contributed by atoms with van der Waals surface area (Å²) in [5, 5.41) is 0. The Balaban J connectivity index is 2.00. The molecule has 0 radical (unpaired) electrons. The molecule has 1 aromatic heterocycles. The van der Waals surface area contributed by atoms with Gasteiger partial charge in [-0.1, -0.05) is 37.1 Å². The Hall–Kier alpha value is -2.60. The quantitative estimate of drug-likeness (QED) is 0.792. The Morgan fingerprint density at radius 2 is 1.91 bits per heavy atom. The predicted molar refractivity (Wildman–Crippen MR) is 93.1 cm³/mol. The second-order valence-corrected chi connectivity index (χ2v) is 5.16. The van der Waals surface area contributed by atoms with Crippen molar-refractivity contribution in [1.29, 1.82) is 0 Å². The fraction of sp³-hybridized carbons (Fsp3) is 0.300. The van der Waals surface area contributed by atoms with Crippen LogP contribution in [0.2, 0.25) is 0 Å². The van der Waals surface area contributed by atoms with Gasteiger partial charge in [-0.25, -0.2) is 4.98 Å². The molecule has 3 nitrogen and oxygen atoms in total. The molecule has 0 fully saturated rings. The van der Waals surface area contributed by atoms with Gasteiger partial charge in [0, 0.05) is 31.3 Å². The standard InChI is InChI=1S/C20H22N2O/c1-3-17-11-5-6-14-19(17)20(23)22(4-2)16-10-8-13-18-12-7-9-15-21-18/h5-7,9,11-12,14-15H,3-4,10,16H2,1-2H3. The van der Waals surface area contributed by atoms with Crippen LogP contribution in [0.25, 0.3) is 0 Å². The second-order valence-electron chi connectivity index (χ2n) is 5.16. The number of benzene rings is 1.